The van der Waals surface area contributed by atoms with Crippen molar-refractivity contribution in [1.29, 1.82) is 0 Å². The molecule has 4 heteroatoms. The van der Waals surface area contributed by atoms with Crippen LogP contribution in [-0.4, -0.2) is 22.8 Å². The number of benzene rings is 1. The van der Waals surface area contributed by atoms with Crippen molar-refractivity contribution in [2.45, 2.75) is 6.92 Å². The molecule has 0 bridgehead atoms. The molecule has 0 atom stereocenters. The van der Waals surface area contributed by atoms with E-state index in [1.807, 2.05) is 13.0 Å². The van der Waals surface area contributed by atoms with Gasteiger partial charge in [0.1, 0.15) is 0 Å². The Morgan fingerprint density at radius 3 is 2.58 bits per heavy atom. The molecule has 0 aliphatic rings. The second-order valence-corrected chi connectivity index (χ2v) is 2.61. The van der Waals surface area contributed by atoms with Crippen LogP contribution in [0.3, 0.4) is 0 Å². The number of hydrogen-bond donors (Lipinski definition) is 2. The van der Waals surface area contributed by atoms with E-state index in [9.17, 15) is 4.79 Å². The van der Waals surface area contributed by atoms with E-state index in [0.717, 1.165) is 5.56 Å². The second-order valence-electron chi connectivity index (χ2n) is 2.61. The molecule has 0 radical (unpaired) electrons. The molecule has 0 unspecified atom stereocenters. The first-order valence-corrected chi connectivity index (χ1v) is 3.58. The third-order valence-electron chi connectivity index (χ3n) is 1.54. The fourth-order valence-electron chi connectivity index (χ4n) is 0.947. The lowest BCUT2D eigenvalue weighted by molar-refractivity contribution is 0.103. The van der Waals surface area contributed by atoms with Crippen molar-refractivity contribution in [3.05, 3.63) is 35.4 Å². The van der Waals surface area contributed by atoms with E-state index in [0.29, 0.717) is 5.56 Å². The summed E-state index contributed by atoms with van der Waals surface area (Å²) in [5.74, 6) is 0. The normalized spacial score (nSPS) is 9.58. The Morgan fingerprint density at radius 2 is 2.08 bits per heavy atom. The van der Waals surface area contributed by atoms with Crippen LogP contribution in [0.2, 0.25) is 0 Å². The predicted octanol–water partition coefficient (Wildman–Crippen LogP) is 0.190. The van der Waals surface area contributed by atoms with E-state index in [1.54, 1.807) is 18.2 Å². The Hall–Kier alpha value is -1.13. The fourth-order valence-corrected chi connectivity index (χ4v) is 0.947. The number of carbonyl (C=O) groups excluding carboxylic acids is 1. The Bertz CT molecular complexity index is 296. The molecule has 1 aromatic carbocycles. The third-order valence-corrected chi connectivity index (χ3v) is 1.54. The van der Waals surface area contributed by atoms with E-state index < -0.39 is 12.8 Å². The van der Waals surface area contributed by atoms with Gasteiger partial charge >= 0.3 is 7.12 Å². The molecular weight excluding hydrogens is 155 g/mol. The fraction of sp³-hybridized carbons (Fsp3) is 0.125. The topological polar surface area (TPSA) is 57.5 Å². The van der Waals surface area contributed by atoms with Crippen LogP contribution in [0.15, 0.2) is 24.3 Å². The molecule has 0 fully saturated rings. The van der Waals surface area contributed by atoms with Crippen LogP contribution in [-0.2, 0) is 0 Å². The molecule has 0 aromatic heterocycles. The quantitative estimate of drug-likeness (QED) is 0.613. The highest BCUT2D eigenvalue weighted by Gasteiger charge is 2.20. The molecular formula is C8H9BO3. The van der Waals surface area contributed by atoms with E-state index in [4.69, 9.17) is 10.0 Å². The van der Waals surface area contributed by atoms with E-state index in [1.165, 1.54) is 0 Å². The molecule has 0 amide bonds. The molecule has 0 spiro atoms. The number of rotatable bonds is 2. The third kappa shape index (κ3) is 1.93. The van der Waals surface area contributed by atoms with Crippen LogP contribution in [0.1, 0.15) is 15.9 Å². The summed E-state index contributed by atoms with van der Waals surface area (Å²) >= 11 is 0. The van der Waals surface area contributed by atoms with Gasteiger partial charge in [-0.2, -0.15) is 0 Å². The Kier molecular flexibility index (Phi) is 2.63. The van der Waals surface area contributed by atoms with Gasteiger partial charge in [0.15, 0.2) is 5.68 Å². The molecule has 0 aliphatic carbocycles. The van der Waals surface area contributed by atoms with Crippen molar-refractivity contribution >= 4 is 12.8 Å². The summed E-state index contributed by atoms with van der Waals surface area (Å²) in [6, 6.07) is 6.70. The zero-order chi connectivity index (χ0) is 9.14. The molecule has 0 aliphatic heterocycles. The first-order chi connectivity index (χ1) is 5.61. The van der Waals surface area contributed by atoms with Crippen molar-refractivity contribution in [1.82, 2.24) is 0 Å². The molecule has 1 aromatic rings. The Labute approximate surface area is 70.8 Å². The molecule has 0 heterocycles. The van der Waals surface area contributed by atoms with E-state index in [-0.39, 0.29) is 0 Å². The van der Waals surface area contributed by atoms with Gasteiger partial charge < -0.3 is 10.0 Å². The SMILES string of the molecule is Cc1cccc(C(=O)B(O)O)c1. The Morgan fingerprint density at radius 1 is 1.42 bits per heavy atom. The lowest BCUT2D eigenvalue weighted by Gasteiger charge is -1.99. The molecule has 12 heavy (non-hydrogen) atoms. The van der Waals surface area contributed by atoms with Crippen molar-refractivity contribution in [3.8, 4) is 0 Å². The van der Waals surface area contributed by atoms with Crippen molar-refractivity contribution in [3.63, 3.8) is 0 Å². The smallest absolute Gasteiger partial charge is 0.421 e. The van der Waals surface area contributed by atoms with Crippen LogP contribution < -0.4 is 0 Å². The summed E-state index contributed by atoms with van der Waals surface area (Å²) in [6.45, 7) is 1.83. The summed E-state index contributed by atoms with van der Waals surface area (Å²) < 4.78 is 0. The van der Waals surface area contributed by atoms with Crippen LogP contribution in [0.4, 0.5) is 0 Å². The minimum Gasteiger partial charge on any atom is -0.421 e. The summed E-state index contributed by atoms with van der Waals surface area (Å²) in [7, 11) is -1.91. The standard InChI is InChI=1S/C8H9BO3/c1-6-3-2-4-7(5-6)8(10)9(11)12/h2-5,11-12H,1H3. The van der Waals surface area contributed by atoms with Gasteiger partial charge in [-0.05, 0) is 13.0 Å². The van der Waals surface area contributed by atoms with Gasteiger partial charge in [-0.1, -0.05) is 23.8 Å². The zero-order valence-electron chi connectivity index (χ0n) is 6.69. The predicted molar refractivity (Wildman–Crippen MR) is 45.7 cm³/mol. The largest absolute Gasteiger partial charge is 0.532 e. The summed E-state index contributed by atoms with van der Waals surface area (Å²) in [6.07, 6.45) is 0. The van der Waals surface area contributed by atoms with Gasteiger partial charge in [0.05, 0.1) is 0 Å². The number of hydrogen-bond acceptors (Lipinski definition) is 3. The molecule has 2 N–H and O–H groups in total. The van der Waals surface area contributed by atoms with Crippen LogP contribution in [0.25, 0.3) is 0 Å². The maximum Gasteiger partial charge on any atom is 0.532 e. The molecule has 0 saturated carbocycles. The lowest BCUT2D eigenvalue weighted by Crippen LogP contribution is -2.25. The monoisotopic (exact) mass is 164 g/mol. The summed E-state index contributed by atoms with van der Waals surface area (Å²) in [5.41, 5.74) is 0.574. The van der Waals surface area contributed by atoms with Gasteiger partial charge in [0.2, 0.25) is 0 Å². The molecule has 1 rings (SSSR count). The van der Waals surface area contributed by atoms with Gasteiger partial charge in [0.25, 0.3) is 0 Å². The van der Waals surface area contributed by atoms with Gasteiger partial charge in [-0.25, -0.2) is 0 Å². The average Bonchev–Trinajstić information content (AvgIpc) is 2.03. The highest BCUT2D eigenvalue weighted by Crippen LogP contribution is 2.04. The van der Waals surface area contributed by atoms with Gasteiger partial charge in [-0.15, -0.1) is 0 Å². The van der Waals surface area contributed by atoms with E-state index in [2.05, 4.69) is 0 Å². The first-order valence-electron chi connectivity index (χ1n) is 3.58. The second kappa shape index (κ2) is 3.52. The van der Waals surface area contributed by atoms with Gasteiger partial charge in [0, 0.05) is 5.56 Å². The maximum atomic E-state index is 11.0. The molecule has 62 valence electrons. The van der Waals surface area contributed by atoms with Crippen LogP contribution >= 0.6 is 0 Å². The minimum absolute atomic E-state index is 0.324. The van der Waals surface area contributed by atoms with E-state index >= 15 is 0 Å². The first kappa shape index (κ1) is 8.97. The van der Waals surface area contributed by atoms with Crippen molar-refractivity contribution < 1.29 is 14.8 Å². The van der Waals surface area contributed by atoms with Crippen molar-refractivity contribution in [2.24, 2.45) is 0 Å². The van der Waals surface area contributed by atoms with Gasteiger partial charge in [-0.3, -0.25) is 4.79 Å². The van der Waals surface area contributed by atoms with Crippen molar-refractivity contribution in [2.75, 3.05) is 0 Å². The van der Waals surface area contributed by atoms with Crippen LogP contribution in [0.5, 0.6) is 0 Å². The average molecular weight is 164 g/mol. The summed E-state index contributed by atoms with van der Waals surface area (Å²) in [5, 5.41) is 17.1. The zero-order valence-corrected chi connectivity index (χ0v) is 6.69. The van der Waals surface area contributed by atoms with Crippen LogP contribution in [0, 0.1) is 6.92 Å². The maximum absolute atomic E-state index is 11.0. The number of carbonyl (C=O) groups is 1. The minimum atomic E-state index is -1.91. The highest BCUT2D eigenvalue weighted by molar-refractivity contribution is 6.81. The number of aryl methyl sites for hydroxylation is 1. The Balaban J connectivity index is 2.96. The lowest BCUT2D eigenvalue weighted by atomic mass is 9.80. The summed E-state index contributed by atoms with van der Waals surface area (Å²) in [4.78, 5) is 11.0. The molecule has 3 nitrogen and oxygen atoms in total. The molecule has 0 saturated heterocycles. The highest BCUT2D eigenvalue weighted by atomic mass is 16.4.